The Labute approximate surface area is 120 Å². The standard InChI is InChI=1S/C9H8BrClN2O4S/c10-1-4(14)12-5-7(15)13-6(9(16)17)3(11)2-18-8(5)13/h5,8H,1-2H2,(H,12,14)(H,16,17)/t5-,8-/m1/s1. The number of rotatable bonds is 3. The first-order chi connectivity index (χ1) is 8.47. The monoisotopic (exact) mass is 354 g/mol. The normalized spacial score (nSPS) is 26.6. The van der Waals surface area contributed by atoms with Crippen molar-refractivity contribution in [3.8, 4) is 0 Å². The van der Waals surface area contributed by atoms with Crippen molar-refractivity contribution >= 4 is 57.1 Å². The van der Waals surface area contributed by atoms with Crippen molar-refractivity contribution in [2.75, 3.05) is 11.1 Å². The van der Waals surface area contributed by atoms with E-state index in [2.05, 4.69) is 21.2 Å². The number of aliphatic carboxylic acids is 1. The summed E-state index contributed by atoms with van der Waals surface area (Å²) < 4.78 is 0. The van der Waals surface area contributed by atoms with Crippen LogP contribution in [0.3, 0.4) is 0 Å². The van der Waals surface area contributed by atoms with E-state index in [1.54, 1.807) is 0 Å². The number of amides is 2. The number of nitrogens with zero attached hydrogens (tertiary/aromatic N) is 1. The second-order valence-electron chi connectivity index (χ2n) is 3.65. The maximum atomic E-state index is 11.8. The van der Waals surface area contributed by atoms with Crippen LogP contribution in [0, 0.1) is 0 Å². The van der Waals surface area contributed by atoms with E-state index in [9.17, 15) is 14.4 Å². The summed E-state index contributed by atoms with van der Waals surface area (Å²) in [4.78, 5) is 35.2. The maximum absolute atomic E-state index is 11.8. The molecule has 0 saturated carbocycles. The number of β-lactam (4-membered cyclic amide) rings is 1. The number of hydrogen-bond donors (Lipinski definition) is 2. The van der Waals surface area contributed by atoms with Gasteiger partial charge in [0.1, 0.15) is 17.1 Å². The van der Waals surface area contributed by atoms with Crippen molar-refractivity contribution in [3.05, 3.63) is 10.7 Å². The molecule has 0 bridgehead atoms. The Morgan fingerprint density at radius 1 is 1.61 bits per heavy atom. The van der Waals surface area contributed by atoms with E-state index < -0.39 is 23.3 Å². The van der Waals surface area contributed by atoms with Gasteiger partial charge >= 0.3 is 5.97 Å². The first kappa shape index (κ1) is 13.7. The van der Waals surface area contributed by atoms with E-state index in [4.69, 9.17) is 16.7 Å². The Morgan fingerprint density at radius 2 is 2.28 bits per heavy atom. The molecule has 0 unspecified atom stereocenters. The molecule has 9 heteroatoms. The van der Waals surface area contributed by atoms with Crippen molar-refractivity contribution in [3.63, 3.8) is 0 Å². The summed E-state index contributed by atoms with van der Waals surface area (Å²) in [5.74, 6) is -1.68. The minimum Gasteiger partial charge on any atom is -0.477 e. The first-order valence-electron chi connectivity index (χ1n) is 4.89. The molecule has 98 valence electrons. The lowest BCUT2D eigenvalue weighted by Crippen LogP contribution is -2.70. The van der Waals surface area contributed by atoms with Gasteiger partial charge in [-0.2, -0.15) is 0 Å². The Bertz CT molecular complexity index is 469. The average Bonchev–Trinajstić information content (AvgIpc) is 2.34. The highest BCUT2D eigenvalue weighted by molar-refractivity contribution is 9.09. The van der Waals surface area contributed by atoms with Gasteiger partial charge in [-0.15, -0.1) is 11.8 Å². The molecule has 1 saturated heterocycles. The molecule has 2 aliphatic rings. The second kappa shape index (κ2) is 5.10. The van der Waals surface area contributed by atoms with Crippen LogP contribution in [-0.4, -0.2) is 50.3 Å². The van der Waals surface area contributed by atoms with Gasteiger partial charge in [0.25, 0.3) is 5.91 Å². The van der Waals surface area contributed by atoms with E-state index >= 15 is 0 Å². The summed E-state index contributed by atoms with van der Waals surface area (Å²) in [6.45, 7) is 0. The molecule has 0 aromatic rings. The second-order valence-corrected chi connectivity index (χ2v) is 5.77. The van der Waals surface area contributed by atoms with Crippen LogP contribution in [0.4, 0.5) is 0 Å². The highest BCUT2D eigenvalue weighted by Crippen LogP contribution is 2.41. The summed E-state index contributed by atoms with van der Waals surface area (Å²) >= 11 is 10.1. The Morgan fingerprint density at radius 3 is 2.83 bits per heavy atom. The minimum absolute atomic E-state index is 0.0938. The largest absolute Gasteiger partial charge is 0.477 e. The van der Waals surface area contributed by atoms with Crippen LogP contribution in [0.15, 0.2) is 10.7 Å². The van der Waals surface area contributed by atoms with Crippen LogP contribution < -0.4 is 5.32 Å². The Hall–Kier alpha value is -0.730. The number of carbonyl (C=O) groups excluding carboxylic acids is 2. The van der Waals surface area contributed by atoms with Gasteiger partial charge < -0.3 is 10.4 Å². The number of fused-ring (bicyclic) bond motifs is 1. The molecule has 0 spiro atoms. The lowest BCUT2D eigenvalue weighted by molar-refractivity contribution is -0.150. The van der Waals surface area contributed by atoms with Crippen LogP contribution >= 0.6 is 39.3 Å². The smallest absolute Gasteiger partial charge is 0.353 e. The zero-order chi connectivity index (χ0) is 13.4. The van der Waals surface area contributed by atoms with Crippen molar-refractivity contribution in [2.24, 2.45) is 0 Å². The topological polar surface area (TPSA) is 86.7 Å². The number of alkyl halides is 1. The lowest BCUT2D eigenvalue weighted by atomic mass is 10.1. The SMILES string of the molecule is O=C(CBr)N[C@@H]1C(=O)N2C(C(=O)O)=C(Cl)CS[C@H]12. The van der Waals surface area contributed by atoms with Crippen LogP contribution in [0.5, 0.6) is 0 Å². The molecule has 18 heavy (non-hydrogen) atoms. The molecular formula is C9H8BrClN2O4S. The molecule has 1 fully saturated rings. The van der Waals surface area contributed by atoms with E-state index in [0.717, 1.165) is 4.90 Å². The van der Waals surface area contributed by atoms with Gasteiger partial charge in [0.05, 0.1) is 10.4 Å². The molecular weight excluding hydrogens is 348 g/mol. The third-order valence-corrected chi connectivity index (χ3v) is 4.82. The molecule has 2 atom stereocenters. The summed E-state index contributed by atoms with van der Waals surface area (Å²) in [6, 6.07) is -0.681. The van der Waals surface area contributed by atoms with Crippen LogP contribution in [-0.2, 0) is 14.4 Å². The number of carboxylic acid groups (broad SMARTS) is 1. The molecule has 6 nitrogen and oxygen atoms in total. The number of hydrogen-bond acceptors (Lipinski definition) is 4. The third kappa shape index (κ3) is 2.12. The third-order valence-electron chi connectivity index (χ3n) is 2.56. The Balaban J connectivity index is 2.18. The van der Waals surface area contributed by atoms with E-state index in [0.29, 0.717) is 5.75 Å². The van der Waals surface area contributed by atoms with Gasteiger partial charge in [-0.25, -0.2) is 4.79 Å². The van der Waals surface area contributed by atoms with Gasteiger partial charge in [0.2, 0.25) is 5.91 Å². The molecule has 2 N–H and O–H groups in total. The first-order valence-corrected chi connectivity index (χ1v) is 7.44. The molecule has 2 aliphatic heterocycles. The van der Waals surface area contributed by atoms with Crippen LogP contribution in [0.2, 0.25) is 0 Å². The highest BCUT2D eigenvalue weighted by atomic mass is 79.9. The van der Waals surface area contributed by atoms with E-state index in [-0.39, 0.29) is 22.0 Å². The van der Waals surface area contributed by atoms with Gasteiger partial charge in [-0.05, 0) is 0 Å². The molecule has 0 radical (unpaired) electrons. The lowest BCUT2D eigenvalue weighted by Gasteiger charge is -2.48. The highest BCUT2D eigenvalue weighted by Gasteiger charge is 2.54. The summed E-state index contributed by atoms with van der Waals surface area (Å²) in [5, 5.41) is 11.4. The predicted octanol–water partition coefficient (Wildman–Crippen LogP) is 0.316. The number of carbonyl (C=O) groups is 3. The fraction of sp³-hybridized carbons (Fsp3) is 0.444. The summed E-state index contributed by atoms with van der Waals surface area (Å²) in [6.07, 6.45) is 0. The Kier molecular flexibility index (Phi) is 3.88. The molecule has 0 aliphatic carbocycles. The molecule has 2 amide bonds. The predicted molar refractivity (Wildman–Crippen MR) is 69.3 cm³/mol. The number of nitrogens with one attached hydrogen (secondary N) is 1. The fourth-order valence-corrected chi connectivity index (χ4v) is 3.51. The quantitative estimate of drug-likeness (QED) is 0.562. The summed E-state index contributed by atoms with van der Waals surface area (Å²) in [5.41, 5.74) is -0.185. The maximum Gasteiger partial charge on any atom is 0.353 e. The molecule has 2 rings (SSSR count). The van der Waals surface area contributed by atoms with Crippen molar-refractivity contribution in [1.82, 2.24) is 10.2 Å². The fourth-order valence-electron chi connectivity index (χ4n) is 1.79. The number of halogens is 2. The van der Waals surface area contributed by atoms with Crippen molar-refractivity contribution in [1.29, 1.82) is 0 Å². The zero-order valence-electron chi connectivity index (χ0n) is 8.85. The van der Waals surface area contributed by atoms with E-state index in [1.165, 1.54) is 11.8 Å². The minimum atomic E-state index is -1.23. The van der Waals surface area contributed by atoms with Gasteiger partial charge in [-0.3, -0.25) is 14.5 Å². The number of carboxylic acids is 1. The van der Waals surface area contributed by atoms with Crippen molar-refractivity contribution < 1.29 is 19.5 Å². The average molecular weight is 356 g/mol. The van der Waals surface area contributed by atoms with Gasteiger partial charge in [0.15, 0.2) is 0 Å². The van der Waals surface area contributed by atoms with Gasteiger partial charge in [-0.1, -0.05) is 27.5 Å². The summed E-state index contributed by atoms with van der Waals surface area (Å²) in [7, 11) is 0. The zero-order valence-corrected chi connectivity index (χ0v) is 12.0. The van der Waals surface area contributed by atoms with Gasteiger partial charge in [0, 0.05) is 5.75 Å². The van der Waals surface area contributed by atoms with Crippen molar-refractivity contribution in [2.45, 2.75) is 11.4 Å². The molecule has 0 aromatic heterocycles. The van der Waals surface area contributed by atoms with E-state index in [1.807, 2.05) is 0 Å². The van der Waals surface area contributed by atoms with Crippen LogP contribution in [0.25, 0.3) is 0 Å². The van der Waals surface area contributed by atoms with Crippen LogP contribution in [0.1, 0.15) is 0 Å². The molecule has 0 aromatic carbocycles. The molecule has 2 heterocycles. The number of thioether (sulfide) groups is 1.